The van der Waals surface area contributed by atoms with Gasteiger partial charge in [0.25, 0.3) is 5.91 Å². The molecule has 0 spiro atoms. The molecule has 0 aromatic carbocycles. The van der Waals surface area contributed by atoms with Crippen LogP contribution in [0.2, 0.25) is 0 Å². The molecule has 3 heterocycles. The van der Waals surface area contributed by atoms with Crippen LogP contribution in [0.25, 0.3) is 0 Å². The third-order valence-electron chi connectivity index (χ3n) is 3.95. The number of thiophene rings is 1. The number of halogens is 1. The number of carbonyl (C=O) groups excluding carboxylic acids is 4. The molecule has 0 bridgehead atoms. The molecule has 0 saturated carbocycles. The van der Waals surface area contributed by atoms with Gasteiger partial charge >= 0.3 is 0 Å². The minimum Gasteiger partial charge on any atom is -0.350 e. The van der Waals surface area contributed by atoms with Crippen LogP contribution in [-0.2, 0) is 27.5 Å². The van der Waals surface area contributed by atoms with Crippen LogP contribution < -0.4 is 10.6 Å². The van der Waals surface area contributed by atoms with Crippen molar-refractivity contribution in [2.75, 3.05) is 5.33 Å². The number of nitrogens with zero attached hydrogens (tertiary/aromatic N) is 1. The zero-order valence-corrected chi connectivity index (χ0v) is 14.5. The Morgan fingerprint density at radius 3 is 2.91 bits per heavy atom. The highest BCUT2D eigenvalue weighted by Crippen LogP contribution is 2.33. The second-order valence-electron chi connectivity index (χ2n) is 5.36. The lowest BCUT2D eigenvalue weighted by atomic mass is 10.0. The molecule has 4 amide bonds. The summed E-state index contributed by atoms with van der Waals surface area (Å²) in [4.78, 5) is 49.5. The maximum atomic E-state index is 12.5. The van der Waals surface area contributed by atoms with Crippen molar-refractivity contribution in [2.45, 2.75) is 32.0 Å². The minimum atomic E-state index is -0.609. The number of amides is 4. The van der Waals surface area contributed by atoms with E-state index in [0.29, 0.717) is 25.1 Å². The van der Waals surface area contributed by atoms with Crippen molar-refractivity contribution in [1.82, 2.24) is 15.5 Å². The Kier molecular flexibility index (Phi) is 4.49. The van der Waals surface area contributed by atoms with Crippen LogP contribution in [0.4, 0.5) is 0 Å². The van der Waals surface area contributed by atoms with Gasteiger partial charge in [0, 0.05) is 23.2 Å². The molecule has 1 aromatic heterocycles. The van der Waals surface area contributed by atoms with Gasteiger partial charge < -0.3 is 10.2 Å². The Labute approximate surface area is 144 Å². The molecule has 2 N–H and O–H groups in total. The monoisotopic (exact) mass is 399 g/mol. The van der Waals surface area contributed by atoms with Crippen LogP contribution in [0, 0.1) is 0 Å². The van der Waals surface area contributed by atoms with E-state index in [4.69, 9.17) is 0 Å². The highest BCUT2D eigenvalue weighted by Gasteiger charge is 2.40. The van der Waals surface area contributed by atoms with Gasteiger partial charge in [0.2, 0.25) is 17.7 Å². The Morgan fingerprint density at radius 2 is 2.22 bits per heavy atom. The van der Waals surface area contributed by atoms with Crippen LogP contribution in [0.1, 0.15) is 33.6 Å². The molecular weight excluding hydrogens is 386 g/mol. The second kappa shape index (κ2) is 6.40. The van der Waals surface area contributed by atoms with Gasteiger partial charge in [0.05, 0.1) is 17.4 Å². The van der Waals surface area contributed by atoms with E-state index in [-0.39, 0.29) is 29.5 Å². The van der Waals surface area contributed by atoms with Crippen LogP contribution in [0.3, 0.4) is 0 Å². The lowest BCUT2D eigenvalue weighted by molar-refractivity contribution is -0.137. The fraction of sp³-hybridized carbons (Fsp3) is 0.429. The number of carbonyl (C=O) groups is 4. The number of nitrogens with one attached hydrogen (secondary N) is 2. The van der Waals surface area contributed by atoms with Crippen LogP contribution in [-0.4, -0.2) is 39.9 Å². The van der Waals surface area contributed by atoms with Crippen LogP contribution >= 0.6 is 27.3 Å². The molecule has 9 heteroatoms. The quantitative estimate of drug-likeness (QED) is 0.569. The summed E-state index contributed by atoms with van der Waals surface area (Å²) in [6.07, 6.45) is 0.584. The maximum Gasteiger partial charge on any atom is 0.256 e. The first-order valence-electron chi connectivity index (χ1n) is 7.07. The van der Waals surface area contributed by atoms with Gasteiger partial charge in [-0.15, -0.1) is 11.3 Å². The topological polar surface area (TPSA) is 95.6 Å². The predicted octanol–water partition coefficient (Wildman–Crippen LogP) is 0.520. The standard InChI is InChI=1S/C14H14BrN3O4S/c15-3-12(20)16-4-10-7-5-18(14(22)8(7)6-23-10)9-1-2-11(19)17-13(9)21/h6,9H,1-5H2,(H,16,20)(H,17,19,21). The number of imide groups is 1. The van der Waals surface area contributed by atoms with Crippen LogP contribution in [0.15, 0.2) is 5.38 Å². The van der Waals surface area contributed by atoms with Gasteiger partial charge in [-0.2, -0.15) is 0 Å². The van der Waals surface area contributed by atoms with Gasteiger partial charge in [-0.25, -0.2) is 0 Å². The van der Waals surface area contributed by atoms with Gasteiger partial charge in [0.15, 0.2) is 0 Å². The average Bonchev–Trinajstić information content (AvgIpc) is 3.06. The van der Waals surface area contributed by atoms with Gasteiger partial charge in [0.1, 0.15) is 6.04 Å². The maximum absolute atomic E-state index is 12.5. The van der Waals surface area contributed by atoms with E-state index in [1.807, 2.05) is 0 Å². The molecule has 0 aliphatic carbocycles. The smallest absolute Gasteiger partial charge is 0.256 e. The molecule has 1 fully saturated rings. The summed E-state index contributed by atoms with van der Waals surface area (Å²) in [5.74, 6) is -1.04. The molecule has 7 nitrogen and oxygen atoms in total. The number of fused-ring (bicyclic) bond motifs is 1. The highest BCUT2D eigenvalue weighted by atomic mass is 79.9. The van der Waals surface area contributed by atoms with Gasteiger partial charge in [-0.05, 0) is 12.0 Å². The van der Waals surface area contributed by atoms with E-state index in [9.17, 15) is 19.2 Å². The summed E-state index contributed by atoms with van der Waals surface area (Å²) in [5, 5.41) is 7.02. The minimum absolute atomic E-state index is 0.126. The predicted molar refractivity (Wildman–Crippen MR) is 86.0 cm³/mol. The van der Waals surface area contributed by atoms with E-state index >= 15 is 0 Å². The Morgan fingerprint density at radius 1 is 1.43 bits per heavy atom. The van der Waals surface area contributed by atoms with Crippen molar-refractivity contribution < 1.29 is 19.2 Å². The van der Waals surface area contributed by atoms with Gasteiger partial charge in [-0.3, -0.25) is 24.5 Å². The molecule has 1 saturated heterocycles. The highest BCUT2D eigenvalue weighted by molar-refractivity contribution is 9.09. The van der Waals surface area contributed by atoms with E-state index in [1.54, 1.807) is 5.38 Å². The number of rotatable bonds is 4. The number of hydrogen-bond donors (Lipinski definition) is 2. The first-order chi connectivity index (χ1) is 11.0. The number of piperidine rings is 1. The summed E-state index contributed by atoms with van der Waals surface area (Å²) in [6.45, 7) is 0.699. The summed E-state index contributed by atoms with van der Waals surface area (Å²) < 4.78 is 0. The fourth-order valence-corrected chi connectivity index (χ4v) is 3.95. The van der Waals surface area contributed by atoms with Gasteiger partial charge in [-0.1, -0.05) is 15.9 Å². The van der Waals surface area contributed by atoms with E-state index in [1.165, 1.54) is 16.2 Å². The molecule has 3 rings (SSSR count). The Hall–Kier alpha value is -1.74. The molecule has 0 radical (unpaired) electrons. The average molecular weight is 400 g/mol. The van der Waals surface area contributed by atoms with E-state index in [2.05, 4.69) is 26.6 Å². The molecule has 1 unspecified atom stereocenters. The first-order valence-corrected chi connectivity index (χ1v) is 9.08. The van der Waals surface area contributed by atoms with Crippen molar-refractivity contribution >= 4 is 50.9 Å². The normalized spacial score (nSPS) is 20.5. The first kappa shape index (κ1) is 16.1. The number of alkyl halides is 1. The van der Waals surface area contributed by atoms with Crippen molar-refractivity contribution in [3.63, 3.8) is 0 Å². The molecule has 1 aromatic rings. The lowest BCUT2D eigenvalue weighted by Gasteiger charge is -2.29. The van der Waals surface area contributed by atoms with Crippen molar-refractivity contribution in [2.24, 2.45) is 0 Å². The Bertz CT molecular complexity index is 702. The van der Waals surface area contributed by atoms with Crippen LogP contribution in [0.5, 0.6) is 0 Å². The molecule has 122 valence electrons. The summed E-state index contributed by atoms with van der Waals surface area (Å²) in [5.41, 5.74) is 1.45. The second-order valence-corrected chi connectivity index (χ2v) is 6.89. The van der Waals surface area contributed by atoms with Crippen molar-refractivity contribution in [3.05, 3.63) is 21.4 Å². The number of hydrogen-bond acceptors (Lipinski definition) is 5. The van der Waals surface area contributed by atoms with Crippen molar-refractivity contribution in [1.29, 1.82) is 0 Å². The molecule has 23 heavy (non-hydrogen) atoms. The van der Waals surface area contributed by atoms with E-state index in [0.717, 1.165) is 10.4 Å². The fourth-order valence-electron chi connectivity index (χ4n) is 2.78. The SMILES string of the molecule is O=C(CBr)NCc1scc2c1CN(C1CCC(=O)NC1=O)C2=O. The molecule has 2 aliphatic heterocycles. The summed E-state index contributed by atoms with van der Waals surface area (Å²) >= 11 is 4.51. The third-order valence-corrected chi connectivity index (χ3v) is 5.49. The zero-order chi connectivity index (χ0) is 16.6. The third kappa shape index (κ3) is 3.02. The lowest BCUT2D eigenvalue weighted by Crippen LogP contribution is -2.52. The molecule has 2 aliphatic rings. The molecular formula is C14H14BrN3O4S. The van der Waals surface area contributed by atoms with Crippen molar-refractivity contribution in [3.8, 4) is 0 Å². The molecule has 1 atom stereocenters. The summed E-state index contributed by atoms with van der Waals surface area (Å²) in [7, 11) is 0. The Balaban J connectivity index is 1.74. The zero-order valence-electron chi connectivity index (χ0n) is 12.1. The van der Waals surface area contributed by atoms with E-state index < -0.39 is 11.9 Å². The summed E-state index contributed by atoms with van der Waals surface area (Å²) in [6, 6.07) is -0.609. The largest absolute Gasteiger partial charge is 0.350 e.